The minimum absolute atomic E-state index is 0.0141. The van der Waals surface area contributed by atoms with E-state index in [9.17, 15) is 0 Å². The fourth-order valence-electron chi connectivity index (χ4n) is 2.19. The Kier molecular flexibility index (Phi) is 3.26. The monoisotopic (exact) mass is 247 g/mol. The summed E-state index contributed by atoms with van der Waals surface area (Å²) >= 11 is 0. The van der Waals surface area contributed by atoms with E-state index in [1.54, 1.807) is 6.20 Å². The highest BCUT2D eigenvalue weighted by atomic mass is 15.3. The molecule has 0 amide bonds. The second-order valence-corrected chi connectivity index (χ2v) is 5.47. The molecule has 98 valence electrons. The first-order chi connectivity index (χ1) is 8.40. The van der Waals surface area contributed by atoms with Crippen LogP contribution in [-0.2, 0) is 0 Å². The fourth-order valence-corrected chi connectivity index (χ4v) is 2.19. The zero-order valence-electron chi connectivity index (χ0n) is 11.3. The van der Waals surface area contributed by atoms with E-state index >= 15 is 0 Å². The van der Waals surface area contributed by atoms with Crippen molar-refractivity contribution < 1.29 is 0 Å². The van der Waals surface area contributed by atoms with Gasteiger partial charge in [0.15, 0.2) is 0 Å². The van der Waals surface area contributed by atoms with Gasteiger partial charge in [0.1, 0.15) is 11.5 Å². The summed E-state index contributed by atoms with van der Waals surface area (Å²) in [5, 5.41) is 7.33. The number of hydrogen-bond acceptors (Lipinski definition) is 4. The Balaban J connectivity index is 2.15. The molecule has 1 aromatic rings. The van der Waals surface area contributed by atoms with E-state index in [0.717, 1.165) is 25.3 Å². The molecule has 0 radical (unpaired) electrons. The lowest BCUT2D eigenvalue weighted by Crippen LogP contribution is -2.57. The number of nitrogens with zero attached hydrogens (tertiary/aromatic N) is 3. The number of pyridine rings is 1. The van der Waals surface area contributed by atoms with Crippen LogP contribution in [0.2, 0.25) is 0 Å². The van der Waals surface area contributed by atoms with E-state index in [4.69, 9.17) is 11.1 Å². The maximum atomic E-state index is 7.33. The minimum Gasteiger partial charge on any atom is -0.382 e. The van der Waals surface area contributed by atoms with Crippen molar-refractivity contribution in [2.75, 3.05) is 31.6 Å². The SMILES string of the molecule is CN1CCN(c2ccc(C(=N)N)nc2)CC1(C)C. The Morgan fingerprint density at radius 2 is 2.11 bits per heavy atom. The van der Waals surface area contributed by atoms with Crippen LogP contribution in [0.1, 0.15) is 19.5 Å². The zero-order valence-corrected chi connectivity index (χ0v) is 11.3. The smallest absolute Gasteiger partial charge is 0.141 e. The van der Waals surface area contributed by atoms with Gasteiger partial charge in [-0.25, -0.2) is 0 Å². The van der Waals surface area contributed by atoms with E-state index in [-0.39, 0.29) is 11.4 Å². The summed E-state index contributed by atoms with van der Waals surface area (Å²) in [6.45, 7) is 7.51. The molecule has 1 aliphatic heterocycles. The quantitative estimate of drug-likeness (QED) is 0.601. The van der Waals surface area contributed by atoms with Crippen LogP contribution >= 0.6 is 0 Å². The number of piperazine rings is 1. The second kappa shape index (κ2) is 4.57. The van der Waals surface area contributed by atoms with Crippen molar-refractivity contribution >= 4 is 11.5 Å². The number of nitrogens with two attached hydrogens (primary N) is 1. The summed E-state index contributed by atoms with van der Waals surface area (Å²) in [5.74, 6) is 0.0141. The van der Waals surface area contributed by atoms with E-state index < -0.39 is 0 Å². The van der Waals surface area contributed by atoms with Crippen LogP contribution in [0.5, 0.6) is 0 Å². The van der Waals surface area contributed by atoms with Crippen molar-refractivity contribution in [3.8, 4) is 0 Å². The first kappa shape index (κ1) is 12.8. The molecule has 3 N–H and O–H groups in total. The van der Waals surface area contributed by atoms with Crippen molar-refractivity contribution in [2.24, 2.45) is 5.73 Å². The van der Waals surface area contributed by atoms with Crippen LogP contribution in [0, 0.1) is 5.41 Å². The van der Waals surface area contributed by atoms with E-state index in [1.807, 2.05) is 12.1 Å². The Morgan fingerprint density at radius 1 is 1.39 bits per heavy atom. The zero-order chi connectivity index (χ0) is 13.3. The summed E-state index contributed by atoms with van der Waals surface area (Å²) in [6.07, 6.45) is 1.80. The average molecular weight is 247 g/mol. The number of likely N-dealkylation sites (N-methyl/N-ethyl adjacent to an activating group) is 1. The molecule has 1 fully saturated rings. The maximum absolute atomic E-state index is 7.33. The first-order valence-electron chi connectivity index (χ1n) is 6.17. The fraction of sp³-hybridized carbons (Fsp3) is 0.538. The highest BCUT2D eigenvalue weighted by molar-refractivity contribution is 5.93. The number of nitrogens with one attached hydrogen (secondary N) is 1. The third-order valence-electron chi connectivity index (χ3n) is 3.71. The van der Waals surface area contributed by atoms with E-state index in [2.05, 4.69) is 35.7 Å². The number of nitrogen functional groups attached to an aromatic ring is 1. The molecule has 5 nitrogen and oxygen atoms in total. The van der Waals surface area contributed by atoms with E-state index in [0.29, 0.717) is 5.69 Å². The lowest BCUT2D eigenvalue weighted by molar-refractivity contribution is 0.139. The molecule has 5 heteroatoms. The molecule has 1 aliphatic rings. The molecule has 1 aromatic heterocycles. The Labute approximate surface area is 108 Å². The molecule has 18 heavy (non-hydrogen) atoms. The Bertz CT molecular complexity index is 437. The number of amidine groups is 1. The van der Waals surface area contributed by atoms with Gasteiger partial charge < -0.3 is 10.6 Å². The van der Waals surface area contributed by atoms with Crippen LogP contribution < -0.4 is 10.6 Å². The summed E-state index contributed by atoms with van der Waals surface area (Å²) in [6, 6.07) is 3.80. The molecular weight excluding hydrogens is 226 g/mol. The highest BCUT2D eigenvalue weighted by Crippen LogP contribution is 2.23. The predicted molar refractivity (Wildman–Crippen MR) is 74.2 cm³/mol. The highest BCUT2D eigenvalue weighted by Gasteiger charge is 2.31. The van der Waals surface area contributed by atoms with Crippen molar-refractivity contribution in [3.63, 3.8) is 0 Å². The summed E-state index contributed by atoms with van der Waals surface area (Å²) in [7, 11) is 2.16. The standard InChI is InChI=1S/C13H21N5/c1-13(2)9-18(7-6-17(13)3)10-4-5-11(12(14)15)16-8-10/h4-5,8H,6-7,9H2,1-3H3,(H3,14,15). The van der Waals surface area contributed by atoms with Gasteiger partial charge in [0.25, 0.3) is 0 Å². The lowest BCUT2D eigenvalue weighted by Gasteiger charge is -2.46. The molecule has 2 rings (SSSR count). The average Bonchev–Trinajstić information content (AvgIpc) is 2.33. The molecule has 0 aliphatic carbocycles. The summed E-state index contributed by atoms with van der Waals surface area (Å²) in [4.78, 5) is 8.92. The molecule has 1 saturated heterocycles. The third-order valence-corrected chi connectivity index (χ3v) is 3.71. The molecule has 0 unspecified atom stereocenters. The van der Waals surface area contributed by atoms with Crippen molar-refractivity contribution in [1.82, 2.24) is 9.88 Å². The van der Waals surface area contributed by atoms with Gasteiger partial charge in [0, 0.05) is 25.2 Å². The summed E-state index contributed by atoms with van der Waals surface area (Å²) in [5.41, 5.74) is 7.20. The normalized spacial score (nSPS) is 19.8. The number of rotatable bonds is 2. The van der Waals surface area contributed by atoms with Crippen LogP contribution in [0.3, 0.4) is 0 Å². The Morgan fingerprint density at radius 3 is 2.61 bits per heavy atom. The topological polar surface area (TPSA) is 69.2 Å². The van der Waals surface area contributed by atoms with Crippen LogP contribution in [0.25, 0.3) is 0 Å². The summed E-state index contributed by atoms with van der Waals surface area (Å²) < 4.78 is 0. The van der Waals surface area contributed by atoms with Crippen molar-refractivity contribution in [3.05, 3.63) is 24.0 Å². The molecule has 0 saturated carbocycles. The van der Waals surface area contributed by atoms with Gasteiger partial charge in [0.2, 0.25) is 0 Å². The largest absolute Gasteiger partial charge is 0.382 e. The van der Waals surface area contributed by atoms with Crippen molar-refractivity contribution in [1.29, 1.82) is 5.41 Å². The van der Waals surface area contributed by atoms with Gasteiger partial charge in [0.05, 0.1) is 11.9 Å². The van der Waals surface area contributed by atoms with Crippen LogP contribution in [-0.4, -0.2) is 47.9 Å². The van der Waals surface area contributed by atoms with Gasteiger partial charge in [-0.1, -0.05) is 0 Å². The van der Waals surface area contributed by atoms with Gasteiger partial charge in [-0.2, -0.15) is 0 Å². The molecule has 0 bridgehead atoms. The second-order valence-electron chi connectivity index (χ2n) is 5.47. The van der Waals surface area contributed by atoms with Crippen molar-refractivity contribution in [2.45, 2.75) is 19.4 Å². The van der Waals surface area contributed by atoms with Gasteiger partial charge in [-0.05, 0) is 33.0 Å². The molecule has 2 heterocycles. The molecule has 0 spiro atoms. The number of hydrogen-bond donors (Lipinski definition) is 2. The van der Waals surface area contributed by atoms with Gasteiger partial charge in [-0.15, -0.1) is 0 Å². The van der Waals surface area contributed by atoms with Gasteiger partial charge >= 0.3 is 0 Å². The lowest BCUT2D eigenvalue weighted by atomic mass is 9.99. The van der Waals surface area contributed by atoms with Crippen LogP contribution in [0.4, 0.5) is 5.69 Å². The molecule has 0 atom stereocenters. The Hall–Kier alpha value is -1.62. The minimum atomic E-state index is 0.0141. The molecular formula is C13H21N5. The number of aromatic nitrogens is 1. The predicted octanol–water partition coefficient (Wildman–Crippen LogP) is 0.896. The first-order valence-corrected chi connectivity index (χ1v) is 6.17. The molecule has 0 aromatic carbocycles. The number of anilines is 1. The van der Waals surface area contributed by atoms with E-state index in [1.165, 1.54) is 0 Å². The van der Waals surface area contributed by atoms with Gasteiger partial charge in [-0.3, -0.25) is 15.3 Å². The maximum Gasteiger partial charge on any atom is 0.141 e. The van der Waals surface area contributed by atoms with Crippen LogP contribution in [0.15, 0.2) is 18.3 Å². The third kappa shape index (κ3) is 2.46.